The SMILES string of the molecule is O=C(NCCOC1CCNCC1)C1CCCCCC1. The lowest BCUT2D eigenvalue weighted by molar-refractivity contribution is -0.125. The highest BCUT2D eigenvalue weighted by Crippen LogP contribution is 2.22. The van der Waals surface area contributed by atoms with Gasteiger partial charge in [-0.05, 0) is 38.8 Å². The Hall–Kier alpha value is -0.610. The van der Waals surface area contributed by atoms with E-state index in [1.54, 1.807) is 0 Å². The number of hydrogen-bond donors (Lipinski definition) is 2. The van der Waals surface area contributed by atoms with Crippen molar-refractivity contribution in [3.8, 4) is 0 Å². The van der Waals surface area contributed by atoms with Crippen LogP contribution in [-0.2, 0) is 9.53 Å². The van der Waals surface area contributed by atoms with Crippen LogP contribution in [0.3, 0.4) is 0 Å². The first-order chi connectivity index (χ1) is 9.36. The molecule has 110 valence electrons. The summed E-state index contributed by atoms with van der Waals surface area (Å²) in [6.45, 7) is 3.43. The highest BCUT2D eigenvalue weighted by molar-refractivity contribution is 5.78. The van der Waals surface area contributed by atoms with E-state index >= 15 is 0 Å². The molecule has 1 aliphatic heterocycles. The average Bonchev–Trinajstić information content (AvgIpc) is 2.73. The van der Waals surface area contributed by atoms with Gasteiger partial charge in [-0.25, -0.2) is 0 Å². The maximum absolute atomic E-state index is 12.0. The van der Waals surface area contributed by atoms with Gasteiger partial charge in [-0.15, -0.1) is 0 Å². The van der Waals surface area contributed by atoms with Crippen LogP contribution < -0.4 is 10.6 Å². The minimum Gasteiger partial charge on any atom is -0.376 e. The van der Waals surface area contributed by atoms with Gasteiger partial charge >= 0.3 is 0 Å². The highest BCUT2D eigenvalue weighted by atomic mass is 16.5. The van der Waals surface area contributed by atoms with E-state index in [1.807, 2.05) is 0 Å². The summed E-state index contributed by atoms with van der Waals surface area (Å²) in [6.07, 6.45) is 9.73. The van der Waals surface area contributed by atoms with E-state index in [9.17, 15) is 4.79 Å². The summed E-state index contributed by atoms with van der Waals surface area (Å²) < 4.78 is 5.79. The Morgan fingerprint density at radius 3 is 2.42 bits per heavy atom. The first-order valence-electron chi connectivity index (χ1n) is 7.96. The van der Waals surface area contributed by atoms with Crippen LogP contribution >= 0.6 is 0 Å². The van der Waals surface area contributed by atoms with Crippen molar-refractivity contribution in [1.82, 2.24) is 10.6 Å². The number of hydrogen-bond acceptors (Lipinski definition) is 3. The molecule has 2 fully saturated rings. The molecule has 0 aromatic rings. The Kier molecular flexibility index (Phi) is 6.65. The Morgan fingerprint density at radius 2 is 1.74 bits per heavy atom. The quantitative estimate of drug-likeness (QED) is 0.591. The molecule has 1 aliphatic carbocycles. The van der Waals surface area contributed by atoms with Gasteiger partial charge in [0.1, 0.15) is 0 Å². The van der Waals surface area contributed by atoms with Crippen LogP contribution in [0.4, 0.5) is 0 Å². The van der Waals surface area contributed by atoms with Crippen LogP contribution in [0.25, 0.3) is 0 Å². The summed E-state index contributed by atoms with van der Waals surface area (Å²) in [5.74, 6) is 0.497. The molecule has 0 aromatic carbocycles. The summed E-state index contributed by atoms with van der Waals surface area (Å²) >= 11 is 0. The van der Waals surface area contributed by atoms with Gasteiger partial charge in [-0.1, -0.05) is 25.7 Å². The number of nitrogens with one attached hydrogen (secondary N) is 2. The Labute approximate surface area is 116 Å². The van der Waals surface area contributed by atoms with E-state index in [0.717, 1.165) is 38.8 Å². The van der Waals surface area contributed by atoms with Gasteiger partial charge < -0.3 is 15.4 Å². The lowest BCUT2D eigenvalue weighted by Crippen LogP contribution is -2.36. The molecule has 0 bridgehead atoms. The molecule has 1 saturated heterocycles. The van der Waals surface area contributed by atoms with Crippen LogP contribution in [0.1, 0.15) is 51.4 Å². The van der Waals surface area contributed by atoms with Crippen molar-refractivity contribution in [2.45, 2.75) is 57.5 Å². The smallest absolute Gasteiger partial charge is 0.223 e. The third-order valence-corrected chi connectivity index (χ3v) is 4.27. The molecular formula is C15H28N2O2. The lowest BCUT2D eigenvalue weighted by atomic mass is 10.00. The zero-order valence-corrected chi connectivity index (χ0v) is 12.0. The molecule has 0 spiro atoms. The van der Waals surface area contributed by atoms with Crippen LogP contribution in [0.5, 0.6) is 0 Å². The first kappa shape index (κ1) is 14.8. The van der Waals surface area contributed by atoms with E-state index in [1.165, 1.54) is 25.7 Å². The van der Waals surface area contributed by atoms with Crippen molar-refractivity contribution >= 4 is 5.91 Å². The van der Waals surface area contributed by atoms with Crippen LogP contribution in [0.2, 0.25) is 0 Å². The third kappa shape index (κ3) is 5.49. The van der Waals surface area contributed by atoms with Gasteiger partial charge in [-0.3, -0.25) is 4.79 Å². The van der Waals surface area contributed by atoms with Crippen molar-refractivity contribution in [3.63, 3.8) is 0 Å². The summed E-state index contributed by atoms with van der Waals surface area (Å²) in [4.78, 5) is 12.0. The molecule has 0 atom stereocenters. The van der Waals surface area contributed by atoms with E-state index in [2.05, 4.69) is 10.6 Å². The first-order valence-corrected chi connectivity index (χ1v) is 7.96. The molecule has 0 aromatic heterocycles. The van der Waals surface area contributed by atoms with Gasteiger partial charge in [0.2, 0.25) is 5.91 Å². The number of carbonyl (C=O) groups excluding carboxylic acids is 1. The van der Waals surface area contributed by atoms with E-state index in [4.69, 9.17) is 4.74 Å². The number of piperidine rings is 1. The second kappa shape index (κ2) is 8.54. The van der Waals surface area contributed by atoms with Crippen molar-refractivity contribution in [3.05, 3.63) is 0 Å². The Balaban J connectivity index is 1.55. The Bertz CT molecular complexity index is 257. The molecule has 1 heterocycles. The summed E-state index contributed by atoms with van der Waals surface area (Å²) in [6, 6.07) is 0. The maximum Gasteiger partial charge on any atom is 0.223 e. The minimum atomic E-state index is 0.246. The maximum atomic E-state index is 12.0. The predicted molar refractivity (Wildman–Crippen MR) is 76.0 cm³/mol. The molecule has 1 saturated carbocycles. The normalized spacial score (nSPS) is 22.9. The van der Waals surface area contributed by atoms with Crippen molar-refractivity contribution in [1.29, 1.82) is 0 Å². The number of rotatable bonds is 5. The van der Waals surface area contributed by atoms with Gasteiger partial charge in [0.25, 0.3) is 0 Å². The number of ether oxygens (including phenoxy) is 1. The van der Waals surface area contributed by atoms with Crippen molar-refractivity contribution in [2.24, 2.45) is 5.92 Å². The fourth-order valence-corrected chi connectivity index (χ4v) is 3.05. The van der Waals surface area contributed by atoms with Crippen LogP contribution in [0, 0.1) is 5.92 Å². The largest absolute Gasteiger partial charge is 0.376 e. The number of amides is 1. The Morgan fingerprint density at radius 1 is 1.05 bits per heavy atom. The second-order valence-electron chi connectivity index (χ2n) is 5.80. The molecule has 0 radical (unpaired) electrons. The molecular weight excluding hydrogens is 240 g/mol. The molecule has 0 unspecified atom stereocenters. The van der Waals surface area contributed by atoms with Gasteiger partial charge in [0.15, 0.2) is 0 Å². The van der Waals surface area contributed by atoms with E-state index in [0.29, 0.717) is 19.3 Å². The molecule has 1 amide bonds. The summed E-state index contributed by atoms with van der Waals surface area (Å²) in [5, 5.41) is 6.36. The van der Waals surface area contributed by atoms with Crippen LogP contribution in [-0.4, -0.2) is 38.3 Å². The molecule has 4 heteroatoms. The standard InChI is InChI=1S/C15H28N2O2/c18-15(13-5-3-1-2-4-6-13)17-11-12-19-14-7-9-16-10-8-14/h13-14,16H,1-12H2,(H,17,18). The molecule has 19 heavy (non-hydrogen) atoms. The van der Waals surface area contributed by atoms with Crippen molar-refractivity contribution in [2.75, 3.05) is 26.2 Å². The number of carbonyl (C=O) groups is 1. The van der Waals surface area contributed by atoms with E-state index in [-0.39, 0.29) is 11.8 Å². The molecule has 4 nitrogen and oxygen atoms in total. The molecule has 2 aliphatic rings. The zero-order valence-electron chi connectivity index (χ0n) is 12.0. The summed E-state index contributed by atoms with van der Waals surface area (Å²) in [5.41, 5.74) is 0. The lowest BCUT2D eigenvalue weighted by Gasteiger charge is -2.23. The van der Waals surface area contributed by atoms with E-state index < -0.39 is 0 Å². The molecule has 2 N–H and O–H groups in total. The molecule has 2 rings (SSSR count). The monoisotopic (exact) mass is 268 g/mol. The predicted octanol–water partition coefficient (Wildman–Crippen LogP) is 1.84. The average molecular weight is 268 g/mol. The fraction of sp³-hybridized carbons (Fsp3) is 0.933. The van der Waals surface area contributed by atoms with Crippen LogP contribution in [0.15, 0.2) is 0 Å². The van der Waals surface area contributed by atoms with Crippen molar-refractivity contribution < 1.29 is 9.53 Å². The minimum absolute atomic E-state index is 0.246. The fourth-order valence-electron chi connectivity index (χ4n) is 3.05. The zero-order chi connectivity index (χ0) is 13.3. The highest BCUT2D eigenvalue weighted by Gasteiger charge is 2.19. The van der Waals surface area contributed by atoms with Gasteiger partial charge in [-0.2, -0.15) is 0 Å². The topological polar surface area (TPSA) is 50.4 Å². The second-order valence-corrected chi connectivity index (χ2v) is 5.80. The summed E-state index contributed by atoms with van der Waals surface area (Å²) in [7, 11) is 0. The van der Waals surface area contributed by atoms with Gasteiger partial charge in [0, 0.05) is 12.5 Å². The van der Waals surface area contributed by atoms with Gasteiger partial charge in [0.05, 0.1) is 12.7 Å². The third-order valence-electron chi connectivity index (χ3n) is 4.27.